The van der Waals surface area contributed by atoms with Crippen molar-refractivity contribution in [1.29, 1.82) is 0 Å². The number of aryl methyl sites for hydroxylation is 1. The summed E-state index contributed by atoms with van der Waals surface area (Å²) in [5, 5.41) is 0. The van der Waals surface area contributed by atoms with Crippen molar-refractivity contribution >= 4 is 0 Å². The molecule has 2 heteroatoms. The predicted octanol–water partition coefficient (Wildman–Crippen LogP) is 2.15. The molecule has 0 heterocycles. The summed E-state index contributed by atoms with van der Waals surface area (Å²) in [6.45, 7) is 2.66. The summed E-state index contributed by atoms with van der Waals surface area (Å²) in [6.07, 6.45) is 0. The first kappa shape index (κ1) is 9.07. The van der Waals surface area contributed by atoms with Gasteiger partial charge in [-0.2, -0.15) is 0 Å². The van der Waals surface area contributed by atoms with Gasteiger partial charge in [-0.15, -0.1) is 0 Å². The summed E-state index contributed by atoms with van der Waals surface area (Å²) >= 11 is 0. The third-order valence-electron chi connectivity index (χ3n) is 1.74. The first-order chi connectivity index (χ1) is 5.77. The van der Waals surface area contributed by atoms with Crippen LogP contribution in [0.3, 0.4) is 0 Å². The number of hydrogen-bond donors (Lipinski definition) is 0. The Bertz CT molecular complexity index is 256. The van der Waals surface area contributed by atoms with Crippen molar-refractivity contribution in [1.82, 2.24) is 0 Å². The number of methoxy groups -OCH3 is 2. The summed E-state index contributed by atoms with van der Waals surface area (Å²) in [4.78, 5) is 0. The predicted molar refractivity (Wildman–Crippen MR) is 48.4 cm³/mol. The molecule has 66 valence electrons. The van der Waals surface area contributed by atoms with Gasteiger partial charge in [0, 0.05) is 12.7 Å². The van der Waals surface area contributed by atoms with E-state index >= 15 is 0 Å². The van der Waals surface area contributed by atoms with E-state index in [1.807, 2.05) is 12.1 Å². The third kappa shape index (κ3) is 1.98. The van der Waals surface area contributed by atoms with Crippen molar-refractivity contribution < 1.29 is 9.47 Å². The highest BCUT2D eigenvalue weighted by Gasteiger charge is 2.01. The van der Waals surface area contributed by atoms with Crippen molar-refractivity contribution in [3.63, 3.8) is 0 Å². The van der Waals surface area contributed by atoms with Gasteiger partial charge in [0.25, 0.3) is 0 Å². The van der Waals surface area contributed by atoms with Crippen molar-refractivity contribution in [3.05, 3.63) is 29.3 Å². The molecule has 0 spiro atoms. The highest BCUT2D eigenvalue weighted by molar-refractivity contribution is 5.36. The maximum atomic E-state index is 5.17. The molecule has 0 fully saturated rings. The topological polar surface area (TPSA) is 18.5 Å². The maximum Gasteiger partial charge on any atom is 0.124 e. The normalized spacial score (nSPS) is 9.92. The van der Waals surface area contributed by atoms with E-state index in [0.29, 0.717) is 6.61 Å². The maximum absolute atomic E-state index is 5.17. The Morgan fingerprint density at radius 2 is 2.00 bits per heavy atom. The van der Waals surface area contributed by atoms with Gasteiger partial charge in [-0.3, -0.25) is 0 Å². The standard InChI is InChI=1S/C10H14O2/c1-8-4-5-10(12-3)9(6-8)7-11-2/h4-6H,7H2,1-3H3. The Morgan fingerprint density at radius 1 is 1.25 bits per heavy atom. The lowest BCUT2D eigenvalue weighted by atomic mass is 10.1. The fraction of sp³-hybridized carbons (Fsp3) is 0.400. The molecule has 2 nitrogen and oxygen atoms in total. The van der Waals surface area contributed by atoms with Crippen molar-refractivity contribution in [2.75, 3.05) is 14.2 Å². The van der Waals surface area contributed by atoms with E-state index in [1.165, 1.54) is 5.56 Å². The molecule has 0 saturated heterocycles. The minimum atomic E-state index is 0.602. The zero-order valence-corrected chi connectivity index (χ0v) is 7.76. The first-order valence-electron chi connectivity index (χ1n) is 3.90. The molecule has 0 aromatic heterocycles. The quantitative estimate of drug-likeness (QED) is 0.685. The van der Waals surface area contributed by atoms with Gasteiger partial charge in [0.05, 0.1) is 13.7 Å². The van der Waals surface area contributed by atoms with E-state index in [2.05, 4.69) is 13.0 Å². The Morgan fingerprint density at radius 3 is 2.58 bits per heavy atom. The van der Waals surface area contributed by atoms with Crippen LogP contribution in [0.1, 0.15) is 11.1 Å². The Kier molecular flexibility index (Phi) is 3.11. The van der Waals surface area contributed by atoms with Crippen LogP contribution in [0.25, 0.3) is 0 Å². The number of ether oxygens (including phenoxy) is 2. The fourth-order valence-corrected chi connectivity index (χ4v) is 1.18. The molecule has 0 aliphatic rings. The second-order valence-electron chi connectivity index (χ2n) is 2.75. The van der Waals surface area contributed by atoms with Crippen LogP contribution < -0.4 is 4.74 Å². The van der Waals surface area contributed by atoms with Crippen LogP contribution in [-0.4, -0.2) is 14.2 Å². The molecular weight excluding hydrogens is 152 g/mol. The highest BCUT2D eigenvalue weighted by atomic mass is 16.5. The van der Waals surface area contributed by atoms with Gasteiger partial charge in [0.1, 0.15) is 5.75 Å². The van der Waals surface area contributed by atoms with Gasteiger partial charge >= 0.3 is 0 Å². The van der Waals surface area contributed by atoms with Crippen molar-refractivity contribution in [3.8, 4) is 5.75 Å². The molecule has 0 amide bonds. The van der Waals surface area contributed by atoms with Gasteiger partial charge in [-0.1, -0.05) is 17.7 Å². The molecule has 0 saturated carbocycles. The second kappa shape index (κ2) is 4.12. The molecule has 1 rings (SSSR count). The van der Waals surface area contributed by atoms with Gasteiger partial charge < -0.3 is 9.47 Å². The van der Waals surface area contributed by atoms with E-state index < -0.39 is 0 Å². The van der Waals surface area contributed by atoms with E-state index in [0.717, 1.165) is 11.3 Å². The lowest BCUT2D eigenvalue weighted by Crippen LogP contribution is -1.94. The second-order valence-corrected chi connectivity index (χ2v) is 2.75. The van der Waals surface area contributed by atoms with Crippen LogP contribution in [0.2, 0.25) is 0 Å². The summed E-state index contributed by atoms with van der Waals surface area (Å²) in [6, 6.07) is 6.06. The molecular formula is C10H14O2. The Hall–Kier alpha value is -1.02. The average Bonchev–Trinajstić information content (AvgIpc) is 2.05. The minimum Gasteiger partial charge on any atom is -0.496 e. The van der Waals surface area contributed by atoms with E-state index in [1.54, 1.807) is 14.2 Å². The van der Waals surface area contributed by atoms with Crippen molar-refractivity contribution in [2.24, 2.45) is 0 Å². The molecule has 0 N–H and O–H groups in total. The van der Waals surface area contributed by atoms with Crippen LogP contribution in [0.15, 0.2) is 18.2 Å². The van der Waals surface area contributed by atoms with E-state index in [4.69, 9.17) is 9.47 Å². The van der Waals surface area contributed by atoms with Crippen LogP contribution in [0.5, 0.6) is 5.75 Å². The van der Waals surface area contributed by atoms with Crippen LogP contribution in [0.4, 0.5) is 0 Å². The molecule has 0 aliphatic carbocycles. The smallest absolute Gasteiger partial charge is 0.124 e. The van der Waals surface area contributed by atoms with E-state index in [-0.39, 0.29) is 0 Å². The zero-order chi connectivity index (χ0) is 8.97. The molecule has 1 aromatic rings. The SMILES string of the molecule is COCc1cc(C)ccc1OC. The van der Waals surface area contributed by atoms with Crippen LogP contribution >= 0.6 is 0 Å². The number of benzene rings is 1. The number of rotatable bonds is 3. The Labute approximate surface area is 73.1 Å². The zero-order valence-electron chi connectivity index (χ0n) is 7.76. The number of hydrogen-bond acceptors (Lipinski definition) is 2. The summed E-state index contributed by atoms with van der Waals surface area (Å²) in [7, 11) is 3.35. The van der Waals surface area contributed by atoms with E-state index in [9.17, 15) is 0 Å². The molecule has 0 radical (unpaired) electrons. The highest BCUT2D eigenvalue weighted by Crippen LogP contribution is 2.19. The molecule has 0 aliphatic heterocycles. The molecule has 1 aromatic carbocycles. The van der Waals surface area contributed by atoms with Crippen molar-refractivity contribution in [2.45, 2.75) is 13.5 Å². The molecule has 0 bridgehead atoms. The largest absolute Gasteiger partial charge is 0.496 e. The first-order valence-corrected chi connectivity index (χ1v) is 3.90. The molecule has 0 unspecified atom stereocenters. The lowest BCUT2D eigenvalue weighted by molar-refractivity contribution is 0.181. The minimum absolute atomic E-state index is 0.602. The monoisotopic (exact) mass is 166 g/mol. The fourth-order valence-electron chi connectivity index (χ4n) is 1.18. The average molecular weight is 166 g/mol. The van der Waals surface area contributed by atoms with Crippen LogP contribution in [-0.2, 0) is 11.3 Å². The molecule has 0 atom stereocenters. The third-order valence-corrected chi connectivity index (χ3v) is 1.74. The van der Waals surface area contributed by atoms with Gasteiger partial charge in [0.2, 0.25) is 0 Å². The Balaban J connectivity index is 2.95. The van der Waals surface area contributed by atoms with Gasteiger partial charge in [-0.05, 0) is 13.0 Å². The summed E-state index contributed by atoms with van der Waals surface area (Å²) in [5.74, 6) is 0.891. The van der Waals surface area contributed by atoms with Gasteiger partial charge in [0.15, 0.2) is 0 Å². The molecule has 12 heavy (non-hydrogen) atoms. The lowest BCUT2D eigenvalue weighted by Gasteiger charge is -2.07. The van der Waals surface area contributed by atoms with Crippen LogP contribution in [0, 0.1) is 6.92 Å². The van der Waals surface area contributed by atoms with Gasteiger partial charge in [-0.25, -0.2) is 0 Å². The summed E-state index contributed by atoms with van der Waals surface area (Å²) < 4.78 is 10.2. The summed E-state index contributed by atoms with van der Waals surface area (Å²) in [5.41, 5.74) is 2.32.